The van der Waals surface area contributed by atoms with Crippen molar-refractivity contribution in [1.82, 2.24) is 4.72 Å². The molecule has 0 atom stereocenters. The molecule has 0 aliphatic carbocycles. The molecule has 0 aromatic carbocycles. The fourth-order valence-electron chi connectivity index (χ4n) is 0.390. The highest BCUT2D eigenvalue weighted by atomic mass is 35.5. The van der Waals surface area contributed by atoms with Crippen molar-refractivity contribution in [2.24, 2.45) is 5.73 Å². The summed E-state index contributed by atoms with van der Waals surface area (Å²) in [6.45, 7) is -0.429. The van der Waals surface area contributed by atoms with Crippen LogP contribution in [0.2, 0.25) is 0 Å². The first kappa shape index (κ1) is 15.5. The molecule has 3 N–H and O–H groups in total. The Morgan fingerprint density at radius 1 is 1.46 bits per heavy atom. The van der Waals surface area contributed by atoms with Crippen LogP contribution in [0.1, 0.15) is 6.92 Å². The zero-order valence-corrected chi connectivity index (χ0v) is 8.72. The van der Waals surface area contributed by atoms with Crippen LogP contribution < -0.4 is 10.5 Å². The molecule has 0 aliphatic heterocycles. The summed E-state index contributed by atoms with van der Waals surface area (Å²) in [4.78, 5) is 0. The topological polar surface area (TPSA) is 72.2 Å². The SMILES string of the molecule is CCS(=O)(=O)NCC(F)(F)CN.Cl. The molecule has 0 bridgehead atoms. The summed E-state index contributed by atoms with van der Waals surface area (Å²) in [5.41, 5.74) is 4.69. The van der Waals surface area contributed by atoms with E-state index in [4.69, 9.17) is 5.73 Å². The van der Waals surface area contributed by atoms with Gasteiger partial charge in [0, 0.05) is 0 Å². The number of sulfonamides is 1. The fraction of sp³-hybridized carbons (Fsp3) is 1.00. The van der Waals surface area contributed by atoms with Crippen molar-refractivity contribution in [3.8, 4) is 0 Å². The standard InChI is InChI=1S/C5H12F2N2O2S.ClH/c1-2-12(10,11)9-4-5(6,7)3-8;/h9H,2-4,8H2,1H3;1H. The number of nitrogens with one attached hydrogen (secondary N) is 1. The molecule has 8 heteroatoms. The highest BCUT2D eigenvalue weighted by Gasteiger charge is 2.28. The van der Waals surface area contributed by atoms with Gasteiger partial charge in [0.15, 0.2) is 0 Å². The van der Waals surface area contributed by atoms with Gasteiger partial charge >= 0.3 is 0 Å². The fourth-order valence-corrected chi connectivity index (χ4v) is 1.02. The van der Waals surface area contributed by atoms with E-state index in [0.717, 1.165) is 0 Å². The van der Waals surface area contributed by atoms with E-state index in [1.54, 1.807) is 4.72 Å². The van der Waals surface area contributed by atoms with Crippen molar-refractivity contribution in [1.29, 1.82) is 0 Å². The quantitative estimate of drug-likeness (QED) is 0.705. The number of hydrogen-bond acceptors (Lipinski definition) is 3. The molecule has 0 amide bonds. The average molecular weight is 239 g/mol. The smallest absolute Gasteiger partial charge is 0.273 e. The van der Waals surface area contributed by atoms with Gasteiger partial charge in [-0.15, -0.1) is 12.4 Å². The normalized spacial score (nSPS) is 12.3. The van der Waals surface area contributed by atoms with E-state index < -0.39 is 29.0 Å². The molecule has 0 radical (unpaired) electrons. The Bertz CT molecular complexity index is 233. The van der Waals surface area contributed by atoms with Gasteiger partial charge in [-0.25, -0.2) is 21.9 Å². The molecule has 0 saturated heterocycles. The number of halogens is 3. The predicted octanol–water partition coefficient (Wildman–Crippen LogP) is -0.0585. The van der Waals surface area contributed by atoms with E-state index in [1.807, 2.05) is 0 Å². The van der Waals surface area contributed by atoms with Gasteiger partial charge < -0.3 is 5.73 Å². The number of nitrogens with two attached hydrogens (primary N) is 1. The van der Waals surface area contributed by atoms with Crippen LogP contribution in [0.15, 0.2) is 0 Å². The van der Waals surface area contributed by atoms with Gasteiger partial charge in [-0.2, -0.15) is 0 Å². The van der Waals surface area contributed by atoms with Crippen LogP contribution in [0.3, 0.4) is 0 Å². The number of hydrogen-bond donors (Lipinski definition) is 2. The lowest BCUT2D eigenvalue weighted by molar-refractivity contribution is 0.0170. The Hall–Kier alpha value is 0.0200. The predicted molar refractivity (Wildman–Crippen MR) is 48.7 cm³/mol. The molecular formula is C5H13ClF2N2O2S. The van der Waals surface area contributed by atoms with Crippen LogP contribution in [0, 0.1) is 0 Å². The third-order valence-electron chi connectivity index (χ3n) is 1.23. The molecule has 0 saturated carbocycles. The molecule has 4 nitrogen and oxygen atoms in total. The van der Waals surface area contributed by atoms with Crippen LogP contribution in [0.25, 0.3) is 0 Å². The highest BCUT2D eigenvalue weighted by Crippen LogP contribution is 2.08. The average Bonchev–Trinajstić information content (AvgIpc) is 2.02. The Kier molecular flexibility index (Phi) is 6.78. The maximum atomic E-state index is 12.4. The van der Waals surface area contributed by atoms with Crippen LogP contribution in [-0.2, 0) is 10.0 Å². The van der Waals surface area contributed by atoms with Gasteiger partial charge in [0.2, 0.25) is 10.0 Å². The van der Waals surface area contributed by atoms with Gasteiger partial charge in [-0.05, 0) is 6.92 Å². The minimum Gasteiger partial charge on any atom is -0.325 e. The van der Waals surface area contributed by atoms with Gasteiger partial charge in [0.05, 0.1) is 18.8 Å². The van der Waals surface area contributed by atoms with Crippen molar-refractivity contribution in [2.75, 3.05) is 18.8 Å². The molecule has 0 aromatic rings. The Morgan fingerprint density at radius 2 is 1.92 bits per heavy atom. The number of rotatable bonds is 5. The summed E-state index contributed by atoms with van der Waals surface area (Å²) in [5.74, 6) is -3.38. The van der Waals surface area contributed by atoms with Crippen LogP contribution in [0.4, 0.5) is 8.78 Å². The van der Waals surface area contributed by atoms with Crippen molar-refractivity contribution in [3.63, 3.8) is 0 Å². The summed E-state index contributed by atoms with van der Waals surface area (Å²) < 4.78 is 47.8. The van der Waals surface area contributed by atoms with E-state index in [-0.39, 0.29) is 18.2 Å². The zero-order valence-electron chi connectivity index (χ0n) is 7.09. The van der Waals surface area contributed by atoms with Gasteiger partial charge in [-0.1, -0.05) is 0 Å². The molecule has 0 fully saturated rings. The Balaban J connectivity index is 0. The third kappa shape index (κ3) is 7.12. The van der Waals surface area contributed by atoms with E-state index in [0.29, 0.717) is 0 Å². The minimum atomic E-state index is -3.55. The van der Waals surface area contributed by atoms with Gasteiger partial charge in [0.1, 0.15) is 0 Å². The summed E-state index contributed by atoms with van der Waals surface area (Å²) in [6.07, 6.45) is 0. The van der Waals surface area contributed by atoms with E-state index in [9.17, 15) is 17.2 Å². The summed E-state index contributed by atoms with van der Waals surface area (Å²) in [7, 11) is -3.55. The summed E-state index contributed by atoms with van der Waals surface area (Å²) >= 11 is 0. The molecule has 0 aliphatic rings. The van der Waals surface area contributed by atoms with E-state index in [1.165, 1.54) is 6.92 Å². The molecule has 13 heavy (non-hydrogen) atoms. The second-order valence-electron chi connectivity index (χ2n) is 2.28. The second-order valence-corrected chi connectivity index (χ2v) is 4.38. The lowest BCUT2D eigenvalue weighted by Crippen LogP contribution is -2.41. The van der Waals surface area contributed by atoms with Gasteiger partial charge in [0.25, 0.3) is 5.92 Å². The lowest BCUT2D eigenvalue weighted by atomic mass is 10.3. The summed E-state index contributed by atoms with van der Waals surface area (Å²) in [6, 6.07) is 0. The molecule has 0 unspecified atom stereocenters. The van der Waals surface area contributed by atoms with Crippen molar-refractivity contribution in [3.05, 3.63) is 0 Å². The first-order chi connectivity index (χ1) is 5.33. The molecular weight excluding hydrogens is 226 g/mol. The molecule has 0 heterocycles. The second kappa shape index (κ2) is 5.69. The first-order valence-corrected chi connectivity index (χ1v) is 5.03. The summed E-state index contributed by atoms with van der Waals surface area (Å²) in [5, 5.41) is 0. The highest BCUT2D eigenvalue weighted by molar-refractivity contribution is 7.89. The minimum absolute atomic E-state index is 0. The number of alkyl halides is 2. The largest absolute Gasteiger partial charge is 0.325 e. The van der Waals surface area contributed by atoms with Crippen molar-refractivity contribution >= 4 is 22.4 Å². The van der Waals surface area contributed by atoms with E-state index >= 15 is 0 Å². The lowest BCUT2D eigenvalue weighted by Gasteiger charge is -2.13. The monoisotopic (exact) mass is 238 g/mol. The van der Waals surface area contributed by atoms with Crippen LogP contribution in [-0.4, -0.2) is 33.2 Å². The van der Waals surface area contributed by atoms with Crippen molar-refractivity contribution in [2.45, 2.75) is 12.8 Å². The molecule has 0 rings (SSSR count). The molecule has 0 aromatic heterocycles. The van der Waals surface area contributed by atoms with Crippen LogP contribution >= 0.6 is 12.4 Å². The van der Waals surface area contributed by atoms with E-state index in [2.05, 4.69) is 0 Å². The van der Waals surface area contributed by atoms with Crippen molar-refractivity contribution < 1.29 is 17.2 Å². The van der Waals surface area contributed by atoms with Crippen LogP contribution in [0.5, 0.6) is 0 Å². The third-order valence-corrected chi connectivity index (χ3v) is 2.57. The molecule has 82 valence electrons. The van der Waals surface area contributed by atoms with Gasteiger partial charge in [-0.3, -0.25) is 0 Å². The molecule has 0 spiro atoms. The first-order valence-electron chi connectivity index (χ1n) is 3.38. The Morgan fingerprint density at radius 3 is 2.23 bits per heavy atom. The zero-order chi connectivity index (χ0) is 9.83. The Labute approximate surface area is 82.3 Å². The maximum Gasteiger partial charge on any atom is 0.273 e. The maximum absolute atomic E-state index is 12.4.